The Morgan fingerprint density at radius 2 is 0.615 bits per heavy atom. The number of hydrogen-bond donors (Lipinski definition) is 0. The zero-order chi connectivity index (χ0) is 47.2. The Balaban J connectivity index is 4.40. The predicted molar refractivity (Wildman–Crippen MR) is 279 cm³/mol. The zero-order valence-corrected chi connectivity index (χ0v) is 42.5. The first-order valence-electron chi connectivity index (χ1n) is 27.1. The lowest BCUT2D eigenvalue weighted by Gasteiger charge is -2.18. The van der Waals surface area contributed by atoms with E-state index in [1.807, 2.05) is 0 Å². The fourth-order valence-corrected chi connectivity index (χ4v) is 7.27. The molecule has 0 heterocycles. The lowest BCUT2D eigenvalue weighted by molar-refractivity contribution is -0.167. The van der Waals surface area contributed by atoms with Crippen LogP contribution in [-0.2, 0) is 28.6 Å². The molecule has 0 saturated carbocycles. The third-order valence-electron chi connectivity index (χ3n) is 11.4. The zero-order valence-electron chi connectivity index (χ0n) is 42.5. The molecule has 0 aromatic carbocycles. The Morgan fingerprint density at radius 1 is 0.323 bits per heavy atom. The second-order valence-corrected chi connectivity index (χ2v) is 17.7. The van der Waals surface area contributed by atoms with Crippen molar-refractivity contribution in [1.29, 1.82) is 0 Å². The highest BCUT2D eigenvalue weighted by molar-refractivity contribution is 5.71. The van der Waals surface area contributed by atoms with Crippen molar-refractivity contribution in [2.45, 2.75) is 258 Å². The molecule has 0 aliphatic carbocycles. The van der Waals surface area contributed by atoms with Crippen LogP contribution >= 0.6 is 0 Å². The molecule has 0 aromatic heterocycles. The van der Waals surface area contributed by atoms with Gasteiger partial charge in [-0.1, -0.05) is 209 Å². The Hall–Kier alpha value is -3.41. The lowest BCUT2D eigenvalue weighted by atomic mass is 10.1. The number of carbonyl (C=O) groups excluding carboxylic acids is 3. The van der Waals surface area contributed by atoms with Gasteiger partial charge in [0, 0.05) is 19.3 Å². The quantitative estimate of drug-likeness (QED) is 0.0262. The summed E-state index contributed by atoms with van der Waals surface area (Å²) in [6.07, 6.45) is 68.5. The molecule has 0 aromatic rings. The van der Waals surface area contributed by atoms with Gasteiger partial charge in [0.05, 0.1) is 0 Å². The minimum atomic E-state index is -0.792. The van der Waals surface area contributed by atoms with Crippen molar-refractivity contribution in [2.75, 3.05) is 13.2 Å². The van der Waals surface area contributed by atoms with Crippen LogP contribution < -0.4 is 0 Å². The maximum atomic E-state index is 12.8. The normalized spacial score (nSPS) is 12.7. The fraction of sp³-hybridized carbons (Fsp3) is 0.712. The Labute approximate surface area is 401 Å². The fourth-order valence-electron chi connectivity index (χ4n) is 7.27. The number of unbranched alkanes of at least 4 members (excludes halogenated alkanes) is 23. The Bertz CT molecular complexity index is 1270. The monoisotopic (exact) mass is 905 g/mol. The second kappa shape index (κ2) is 53.2. The molecule has 0 N–H and O–H groups in total. The number of esters is 3. The Morgan fingerprint density at radius 3 is 1.00 bits per heavy atom. The smallest absolute Gasteiger partial charge is 0.306 e. The summed E-state index contributed by atoms with van der Waals surface area (Å²) in [6.45, 7) is 6.45. The summed E-state index contributed by atoms with van der Waals surface area (Å²) in [7, 11) is 0. The summed E-state index contributed by atoms with van der Waals surface area (Å²) >= 11 is 0. The number of allylic oxidation sites excluding steroid dienone is 14. The van der Waals surface area contributed by atoms with Gasteiger partial charge in [0.25, 0.3) is 0 Å². The predicted octanol–water partition coefficient (Wildman–Crippen LogP) is 18.0. The molecule has 372 valence electrons. The number of rotatable bonds is 48. The van der Waals surface area contributed by atoms with E-state index in [0.29, 0.717) is 19.3 Å². The van der Waals surface area contributed by atoms with Crippen LogP contribution in [0.3, 0.4) is 0 Å². The van der Waals surface area contributed by atoms with Crippen LogP contribution in [0.1, 0.15) is 252 Å². The third-order valence-corrected chi connectivity index (χ3v) is 11.4. The van der Waals surface area contributed by atoms with Gasteiger partial charge in [0.15, 0.2) is 6.10 Å². The summed E-state index contributed by atoms with van der Waals surface area (Å²) in [5, 5.41) is 0. The van der Waals surface area contributed by atoms with Crippen LogP contribution in [0.25, 0.3) is 0 Å². The van der Waals surface area contributed by atoms with Gasteiger partial charge in [-0.3, -0.25) is 14.4 Å². The van der Waals surface area contributed by atoms with Crippen LogP contribution in [0.5, 0.6) is 0 Å². The molecule has 6 nitrogen and oxygen atoms in total. The van der Waals surface area contributed by atoms with Crippen LogP contribution in [0, 0.1) is 0 Å². The molecular weight excluding hydrogens is 805 g/mol. The van der Waals surface area contributed by atoms with E-state index in [4.69, 9.17) is 14.2 Å². The molecule has 6 heteroatoms. The van der Waals surface area contributed by atoms with Gasteiger partial charge in [-0.05, 0) is 109 Å². The maximum Gasteiger partial charge on any atom is 0.306 e. The van der Waals surface area contributed by atoms with Crippen molar-refractivity contribution in [3.8, 4) is 0 Å². The molecule has 0 amide bonds. The van der Waals surface area contributed by atoms with Crippen molar-refractivity contribution in [3.05, 3.63) is 85.1 Å². The highest BCUT2D eigenvalue weighted by atomic mass is 16.6. The molecule has 0 fully saturated rings. The van der Waals surface area contributed by atoms with Crippen molar-refractivity contribution in [3.63, 3.8) is 0 Å². The first kappa shape index (κ1) is 61.6. The molecule has 0 spiro atoms. The standard InChI is InChI=1S/C59H100O6/c1-4-7-10-13-16-19-22-24-26-27-28-29-30-31-33-34-37-40-43-46-49-52-58(61)64-55-56(54-63-57(60)51-48-45-42-39-36-21-18-15-12-9-6-3)65-59(62)53-50-47-44-41-38-35-32-25-23-20-17-14-11-8-5-2/h7,10,15-16,18-19,24-26,28-29,31-33,56H,4-6,8-9,11-14,17,20-23,27,30,34-55H2,1-3H3/b10-7-,18-15-,19-16-,26-24-,29-28-,32-25-,33-31-. The van der Waals surface area contributed by atoms with Crippen LogP contribution in [0.15, 0.2) is 85.1 Å². The van der Waals surface area contributed by atoms with E-state index in [1.165, 1.54) is 83.5 Å². The van der Waals surface area contributed by atoms with Gasteiger partial charge in [0.2, 0.25) is 0 Å². The molecule has 0 rings (SSSR count). The molecule has 1 atom stereocenters. The van der Waals surface area contributed by atoms with Crippen LogP contribution in [0.4, 0.5) is 0 Å². The number of ether oxygens (including phenoxy) is 3. The van der Waals surface area contributed by atoms with Gasteiger partial charge in [-0.15, -0.1) is 0 Å². The van der Waals surface area contributed by atoms with E-state index in [9.17, 15) is 14.4 Å². The lowest BCUT2D eigenvalue weighted by Crippen LogP contribution is -2.30. The van der Waals surface area contributed by atoms with Gasteiger partial charge < -0.3 is 14.2 Å². The molecule has 0 aliphatic heterocycles. The minimum Gasteiger partial charge on any atom is -0.462 e. The number of carbonyl (C=O) groups is 3. The summed E-state index contributed by atoms with van der Waals surface area (Å²) < 4.78 is 16.8. The average molecular weight is 905 g/mol. The van der Waals surface area contributed by atoms with E-state index < -0.39 is 6.10 Å². The van der Waals surface area contributed by atoms with E-state index >= 15 is 0 Å². The van der Waals surface area contributed by atoms with Crippen molar-refractivity contribution >= 4 is 17.9 Å². The van der Waals surface area contributed by atoms with Gasteiger partial charge in [0.1, 0.15) is 13.2 Å². The van der Waals surface area contributed by atoms with E-state index in [0.717, 1.165) is 128 Å². The largest absolute Gasteiger partial charge is 0.462 e. The molecule has 65 heavy (non-hydrogen) atoms. The summed E-state index contributed by atoms with van der Waals surface area (Å²) in [4.78, 5) is 38.0. The van der Waals surface area contributed by atoms with E-state index in [-0.39, 0.29) is 31.1 Å². The third kappa shape index (κ3) is 51.4. The number of hydrogen-bond acceptors (Lipinski definition) is 6. The van der Waals surface area contributed by atoms with E-state index in [2.05, 4.69) is 106 Å². The molecule has 1 unspecified atom stereocenters. The topological polar surface area (TPSA) is 78.9 Å². The van der Waals surface area contributed by atoms with E-state index in [1.54, 1.807) is 0 Å². The molecule has 0 radical (unpaired) electrons. The first-order valence-corrected chi connectivity index (χ1v) is 27.1. The van der Waals surface area contributed by atoms with Gasteiger partial charge >= 0.3 is 17.9 Å². The van der Waals surface area contributed by atoms with Crippen molar-refractivity contribution in [2.24, 2.45) is 0 Å². The highest BCUT2D eigenvalue weighted by Crippen LogP contribution is 2.14. The highest BCUT2D eigenvalue weighted by Gasteiger charge is 2.19. The van der Waals surface area contributed by atoms with Gasteiger partial charge in [-0.2, -0.15) is 0 Å². The minimum absolute atomic E-state index is 0.0908. The molecule has 0 saturated heterocycles. The summed E-state index contributed by atoms with van der Waals surface area (Å²) in [5.74, 6) is -0.927. The van der Waals surface area contributed by atoms with Crippen LogP contribution in [0.2, 0.25) is 0 Å². The molecule has 0 bridgehead atoms. The molecule has 0 aliphatic rings. The maximum absolute atomic E-state index is 12.8. The molecular formula is C59H100O6. The van der Waals surface area contributed by atoms with Crippen molar-refractivity contribution in [1.82, 2.24) is 0 Å². The SMILES string of the molecule is CC/C=C\C/C=C\C/C=C\C/C=C\C/C=C\CCCCCCCC(=O)OCC(COC(=O)CCCCCCC/C=C\CCCC)OC(=O)CCCCCCC/C=C\CCCCCCCC. The summed E-state index contributed by atoms with van der Waals surface area (Å²) in [6, 6.07) is 0. The Kier molecular flexibility index (Phi) is 50.4. The van der Waals surface area contributed by atoms with Crippen LogP contribution in [-0.4, -0.2) is 37.2 Å². The van der Waals surface area contributed by atoms with Gasteiger partial charge in [-0.25, -0.2) is 0 Å². The first-order chi connectivity index (χ1) is 32.0. The summed E-state index contributed by atoms with van der Waals surface area (Å²) in [5.41, 5.74) is 0. The van der Waals surface area contributed by atoms with Crippen molar-refractivity contribution < 1.29 is 28.6 Å². The second-order valence-electron chi connectivity index (χ2n) is 17.7. The average Bonchev–Trinajstić information content (AvgIpc) is 3.30.